The van der Waals surface area contributed by atoms with E-state index in [1.54, 1.807) is 18.3 Å². The highest BCUT2D eigenvalue weighted by atomic mass is 19.3. The molecular weight excluding hydrogens is 438 g/mol. The molecule has 4 aliphatic rings. The molecule has 2 atom stereocenters. The number of alkyl halides is 2. The van der Waals surface area contributed by atoms with Gasteiger partial charge in [0.15, 0.2) is 0 Å². The number of nitriles is 1. The molecule has 5 heterocycles. The Bertz CT molecular complexity index is 1110. The summed E-state index contributed by atoms with van der Waals surface area (Å²) in [5.74, 6) is -0.777. The van der Waals surface area contributed by atoms with Crippen LogP contribution in [0.3, 0.4) is 0 Å². The van der Waals surface area contributed by atoms with Crippen LogP contribution in [0.1, 0.15) is 36.3 Å². The van der Waals surface area contributed by atoms with Crippen LogP contribution in [0, 0.1) is 23.2 Å². The maximum absolute atomic E-state index is 14.0. The first kappa shape index (κ1) is 21.7. The van der Waals surface area contributed by atoms with Crippen LogP contribution in [0.2, 0.25) is 0 Å². The minimum absolute atomic E-state index is 0.0207. The highest BCUT2D eigenvalue weighted by Gasteiger charge is 2.59. The average molecular weight is 467 g/mol. The molecule has 2 unspecified atom stereocenters. The van der Waals surface area contributed by atoms with Crippen LogP contribution in [0.5, 0.6) is 0 Å². The number of nitrogens with one attached hydrogen (secondary N) is 1. The number of halogens is 2. The predicted octanol–water partition coefficient (Wildman–Crippen LogP) is 3.76. The van der Waals surface area contributed by atoms with E-state index < -0.39 is 11.8 Å². The van der Waals surface area contributed by atoms with Gasteiger partial charge >= 0.3 is 0 Å². The second-order valence-electron chi connectivity index (χ2n) is 10.0. The third-order valence-electron chi connectivity index (χ3n) is 7.96. The number of fused-ring (bicyclic) bond motifs is 1. The van der Waals surface area contributed by atoms with E-state index in [4.69, 9.17) is 9.72 Å². The topological polar surface area (TPSA) is 77.3 Å². The Morgan fingerprint density at radius 3 is 2.62 bits per heavy atom. The lowest BCUT2D eigenvalue weighted by molar-refractivity contribution is -0.152. The van der Waals surface area contributed by atoms with Gasteiger partial charge in [0.25, 0.3) is 5.92 Å². The molecule has 3 saturated heterocycles. The fourth-order valence-corrected chi connectivity index (χ4v) is 5.81. The van der Waals surface area contributed by atoms with Gasteiger partial charge in [0, 0.05) is 31.6 Å². The minimum Gasteiger partial charge on any atom is -0.378 e. The Morgan fingerprint density at radius 2 is 1.94 bits per heavy atom. The van der Waals surface area contributed by atoms with Crippen LogP contribution >= 0.6 is 0 Å². The Hall–Kier alpha value is -2.83. The molecule has 0 aromatic carbocycles. The summed E-state index contributed by atoms with van der Waals surface area (Å²) in [5.41, 5.74) is 1.69. The maximum atomic E-state index is 14.0. The van der Waals surface area contributed by atoms with Crippen LogP contribution in [-0.2, 0) is 4.74 Å². The van der Waals surface area contributed by atoms with Gasteiger partial charge in [-0.25, -0.2) is 18.7 Å². The van der Waals surface area contributed by atoms with Crippen molar-refractivity contribution >= 4 is 17.5 Å². The molecule has 0 amide bonds. The fourth-order valence-electron chi connectivity index (χ4n) is 5.81. The first-order valence-electron chi connectivity index (χ1n) is 12.1. The normalized spacial score (nSPS) is 26.9. The molecule has 178 valence electrons. The van der Waals surface area contributed by atoms with Crippen molar-refractivity contribution in [1.29, 1.82) is 5.26 Å². The van der Waals surface area contributed by atoms with E-state index >= 15 is 0 Å². The quantitative estimate of drug-likeness (QED) is 0.719. The van der Waals surface area contributed by atoms with Crippen molar-refractivity contribution in [2.24, 2.45) is 11.8 Å². The van der Waals surface area contributed by atoms with Crippen LogP contribution in [-0.4, -0.2) is 66.2 Å². The van der Waals surface area contributed by atoms with Gasteiger partial charge in [-0.3, -0.25) is 4.90 Å². The first-order chi connectivity index (χ1) is 16.5. The highest BCUT2D eigenvalue weighted by Crippen LogP contribution is 2.52. The van der Waals surface area contributed by atoms with Gasteiger partial charge in [-0.2, -0.15) is 5.26 Å². The number of hydrogen-bond acceptors (Lipinski definition) is 7. The zero-order chi connectivity index (χ0) is 23.3. The van der Waals surface area contributed by atoms with E-state index in [-0.39, 0.29) is 12.3 Å². The van der Waals surface area contributed by atoms with Gasteiger partial charge in [-0.1, -0.05) is 0 Å². The predicted molar refractivity (Wildman–Crippen MR) is 123 cm³/mol. The molecular formula is C25H28F2N6O. The standard InChI is InChI=1S/C25H28F2N6O/c26-25(27)10-19-12-33(13-21(19)25)24-9-18(17-2-5-32(6-3-17)20-14-34-15-20)8-23(31-24)30-22-7-16(11-28)1-4-29-22/h1,4,7-9,17,19-21H,2-3,5-6,10,12-15H2,(H,29,30,31). The number of ether oxygens (including phenoxy) is 1. The number of aromatic nitrogens is 2. The van der Waals surface area contributed by atoms with Crippen molar-refractivity contribution in [1.82, 2.24) is 14.9 Å². The summed E-state index contributed by atoms with van der Waals surface area (Å²) in [6, 6.07) is 10.2. The molecule has 4 fully saturated rings. The van der Waals surface area contributed by atoms with Crippen LogP contribution in [0.25, 0.3) is 0 Å². The molecule has 9 heteroatoms. The molecule has 2 aromatic rings. The molecule has 1 aliphatic carbocycles. The zero-order valence-electron chi connectivity index (χ0n) is 19.0. The first-order valence-corrected chi connectivity index (χ1v) is 12.1. The molecule has 0 bridgehead atoms. The van der Waals surface area contributed by atoms with Crippen molar-refractivity contribution in [3.63, 3.8) is 0 Å². The molecule has 0 spiro atoms. The zero-order valence-corrected chi connectivity index (χ0v) is 19.0. The highest BCUT2D eigenvalue weighted by molar-refractivity contribution is 5.59. The second kappa shape index (κ2) is 8.43. The van der Waals surface area contributed by atoms with Crippen molar-refractivity contribution in [3.8, 4) is 6.07 Å². The summed E-state index contributed by atoms with van der Waals surface area (Å²) in [4.78, 5) is 13.6. The number of pyridine rings is 2. The van der Waals surface area contributed by atoms with Gasteiger partial charge in [-0.15, -0.1) is 0 Å². The summed E-state index contributed by atoms with van der Waals surface area (Å²) < 4.78 is 33.4. The molecule has 3 aliphatic heterocycles. The summed E-state index contributed by atoms with van der Waals surface area (Å²) in [7, 11) is 0. The summed E-state index contributed by atoms with van der Waals surface area (Å²) >= 11 is 0. The van der Waals surface area contributed by atoms with E-state index in [2.05, 4.69) is 33.4 Å². The van der Waals surface area contributed by atoms with Crippen molar-refractivity contribution in [3.05, 3.63) is 41.6 Å². The minimum atomic E-state index is -2.56. The van der Waals surface area contributed by atoms with Crippen molar-refractivity contribution in [2.45, 2.75) is 37.1 Å². The Kier molecular flexibility index (Phi) is 5.38. The number of likely N-dealkylation sites (tertiary alicyclic amines) is 1. The molecule has 2 aromatic heterocycles. The lowest BCUT2D eigenvalue weighted by Gasteiger charge is -2.41. The van der Waals surface area contributed by atoms with Gasteiger partial charge in [0.1, 0.15) is 17.5 Å². The number of nitrogens with zero attached hydrogens (tertiary/aromatic N) is 5. The molecule has 34 heavy (non-hydrogen) atoms. The van der Waals surface area contributed by atoms with E-state index in [0.29, 0.717) is 42.2 Å². The second-order valence-corrected chi connectivity index (χ2v) is 10.0. The van der Waals surface area contributed by atoms with Gasteiger partial charge in [0.05, 0.1) is 30.9 Å². The number of hydrogen-bond donors (Lipinski definition) is 1. The number of anilines is 3. The van der Waals surface area contributed by atoms with E-state index in [9.17, 15) is 14.0 Å². The lowest BCUT2D eigenvalue weighted by Crippen LogP contribution is -2.51. The molecule has 7 nitrogen and oxygen atoms in total. The Morgan fingerprint density at radius 1 is 1.12 bits per heavy atom. The summed E-state index contributed by atoms with van der Waals surface area (Å²) in [6.07, 6.45) is 3.66. The third kappa shape index (κ3) is 3.99. The average Bonchev–Trinajstić information content (AvgIpc) is 3.18. The third-order valence-corrected chi connectivity index (χ3v) is 7.96. The van der Waals surface area contributed by atoms with Gasteiger partial charge in [0.2, 0.25) is 0 Å². The molecule has 1 saturated carbocycles. The van der Waals surface area contributed by atoms with E-state index in [0.717, 1.165) is 45.0 Å². The molecule has 6 rings (SSSR count). The number of rotatable bonds is 5. The van der Waals surface area contributed by atoms with Gasteiger partial charge in [-0.05, 0) is 67.6 Å². The Labute approximate surface area is 197 Å². The summed E-state index contributed by atoms with van der Waals surface area (Å²) in [6.45, 7) is 4.69. The largest absolute Gasteiger partial charge is 0.378 e. The smallest absolute Gasteiger partial charge is 0.253 e. The van der Waals surface area contributed by atoms with Crippen LogP contribution in [0.15, 0.2) is 30.5 Å². The van der Waals surface area contributed by atoms with Crippen molar-refractivity contribution in [2.75, 3.05) is 49.6 Å². The molecule has 1 N–H and O–H groups in total. The molecule has 0 radical (unpaired) electrons. The lowest BCUT2D eigenvalue weighted by atomic mass is 9.72. The fraction of sp³-hybridized carbons (Fsp3) is 0.560. The van der Waals surface area contributed by atoms with Crippen molar-refractivity contribution < 1.29 is 13.5 Å². The van der Waals surface area contributed by atoms with Gasteiger partial charge < -0.3 is 15.0 Å². The monoisotopic (exact) mass is 466 g/mol. The van der Waals surface area contributed by atoms with Crippen LogP contribution < -0.4 is 10.2 Å². The van der Waals surface area contributed by atoms with E-state index in [1.165, 1.54) is 5.56 Å². The Balaban J connectivity index is 1.26. The SMILES string of the molecule is N#Cc1ccnc(Nc2cc(C3CCN(C4COC4)CC3)cc(N3CC4CC(F)(F)C4C3)n2)c1. The number of piperidine rings is 1. The maximum Gasteiger partial charge on any atom is 0.253 e. The summed E-state index contributed by atoms with van der Waals surface area (Å²) in [5, 5.41) is 12.5. The van der Waals surface area contributed by atoms with Crippen LogP contribution in [0.4, 0.5) is 26.2 Å². The van der Waals surface area contributed by atoms with E-state index in [1.807, 2.05) is 4.90 Å².